The van der Waals surface area contributed by atoms with Crippen LogP contribution in [-0.2, 0) is 19.1 Å². The Morgan fingerprint density at radius 2 is 1.72 bits per heavy atom. The van der Waals surface area contributed by atoms with E-state index in [4.69, 9.17) is 9.47 Å². The van der Waals surface area contributed by atoms with Crippen LogP contribution in [0.1, 0.15) is 0 Å². The molecule has 0 saturated carbocycles. The first-order valence-electron chi connectivity index (χ1n) is 10.7. The Labute approximate surface area is 185 Å². The van der Waals surface area contributed by atoms with Gasteiger partial charge < -0.3 is 24.6 Å². The highest BCUT2D eigenvalue weighted by Crippen LogP contribution is 2.34. The maximum absolute atomic E-state index is 13.3. The Morgan fingerprint density at radius 3 is 2.53 bits per heavy atom. The van der Waals surface area contributed by atoms with Crippen molar-refractivity contribution in [3.05, 3.63) is 48.5 Å². The number of nitrogens with zero attached hydrogens (tertiary/aromatic N) is 3. The number of hydrogen-bond donors (Lipinski definition) is 1. The summed E-state index contributed by atoms with van der Waals surface area (Å²) in [7, 11) is 0. The lowest BCUT2D eigenvalue weighted by atomic mass is 10.1. The van der Waals surface area contributed by atoms with Crippen LogP contribution in [0.4, 0.5) is 17.1 Å². The first-order valence-corrected chi connectivity index (χ1v) is 10.7. The van der Waals surface area contributed by atoms with Gasteiger partial charge in [0.25, 0.3) is 5.91 Å². The van der Waals surface area contributed by atoms with Crippen molar-refractivity contribution < 1.29 is 23.9 Å². The van der Waals surface area contributed by atoms with Crippen molar-refractivity contribution in [3.63, 3.8) is 0 Å². The third kappa shape index (κ3) is 3.87. The van der Waals surface area contributed by atoms with E-state index < -0.39 is 6.10 Å². The molecular formula is C23H24N4O5. The van der Waals surface area contributed by atoms with Gasteiger partial charge >= 0.3 is 0 Å². The van der Waals surface area contributed by atoms with E-state index in [1.165, 1.54) is 4.90 Å². The van der Waals surface area contributed by atoms with Crippen LogP contribution in [0.15, 0.2) is 48.5 Å². The van der Waals surface area contributed by atoms with Gasteiger partial charge in [0.2, 0.25) is 11.8 Å². The third-order valence-corrected chi connectivity index (χ3v) is 5.86. The lowest BCUT2D eigenvalue weighted by Gasteiger charge is -2.39. The topological polar surface area (TPSA) is 91.4 Å². The number of para-hydroxylation sites is 4. The third-order valence-electron chi connectivity index (χ3n) is 5.86. The Bertz CT molecular complexity index is 1050. The number of carbonyl (C=O) groups is 3. The van der Waals surface area contributed by atoms with Crippen molar-refractivity contribution in [2.45, 2.75) is 6.10 Å². The maximum Gasteiger partial charge on any atom is 0.265 e. The van der Waals surface area contributed by atoms with E-state index in [1.54, 1.807) is 17.0 Å². The molecular weight excluding hydrogens is 412 g/mol. The molecule has 3 aliphatic heterocycles. The zero-order valence-electron chi connectivity index (χ0n) is 17.5. The van der Waals surface area contributed by atoms with Crippen molar-refractivity contribution in [3.8, 4) is 5.75 Å². The Balaban J connectivity index is 1.38. The number of anilines is 3. The molecule has 9 heteroatoms. The summed E-state index contributed by atoms with van der Waals surface area (Å²) >= 11 is 0. The molecule has 1 saturated heterocycles. The summed E-state index contributed by atoms with van der Waals surface area (Å²) in [5.74, 6) is -0.000677. The van der Waals surface area contributed by atoms with E-state index in [0.29, 0.717) is 43.4 Å². The fraction of sp³-hybridized carbons (Fsp3) is 0.348. The van der Waals surface area contributed by atoms with Crippen LogP contribution in [0.2, 0.25) is 0 Å². The van der Waals surface area contributed by atoms with Crippen LogP contribution in [0.3, 0.4) is 0 Å². The summed E-state index contributed by atoms with van der Waals surface area (Å²) in [6.45, 7) is 2.30. The molecule has 2 aromatic rings. The predicted molar refractivity (Wildman–Crippen MR) is 118 cm³/mol. The number of benzene rings is 2. The molecule has 0 unspecified atom stereocenters. The van der Waals surface area contributed by atoms with Gasteiger partial charge in [0.05, 0.1) is 43.4 Å². The van der Waals surface area contributed by atoms with E-state index >= 15 is 0 Å². The van der Waals surface area contributed by atoms with E-state index in [1.807, 2.05) is 41.3 Å². The molecule has 0 bridgehead atoms. The summed E-state index contributed by atoms with van der Waals surface area (Å²) in [5.41, 5.74) is 2.03. The first-order chi connectivity index (χ1) is 15.6. The van der Waals surface area contributed by atoms with Gasteiger partial charge in [-0.05, 0) is 24.3 Å². The van der Waals surface area contributed by atoms with Crippen molar-refractivity contribution in [1.82, 2.24) is 4.90 Å². The summed E-state index contributed by atoms with van der Waals surface area (Å²) in [4.78, 5) is 43.6. The molecule has 32 heavy (non-hydrogen) atoms. The Kier molecular flexibility index (Phi) is 5.40. The molecule has 5 rings (SSSR count). The smallest absolute Gasteiger partial charge is 0.265 e. The number of carbonyl (C=O) groups excluding carboxylic acids is 3. The fourth-order valence-electron chi connectivity index (χ4n) is 4.28. The molecule has 9 nitrogen and oxygen atoms in total. The summed E-state index contributed by atoms with van der Waals surface area (Å²) in [6.07, 6.45) is -0.715. The molecule has 1 atom stereocenters. The zero-order chi connectivity index (χ0) is 22.1. The molecule has 2 aromatic carbocycles. The molecule has 1 N–H and O–H groups in total. The molecule has 0 aliphatic carbocycles. The zero-order valence-corrected chi connectivity index (χ0v) is 17.5. The highest BCUT2D eigenvalue weighted by Gasteiger charge is 2.36. The lowest BCUT2D eigenvalue weighted by Crippen LogP contribution is -2.55. The van der Waals surface area contributed by atoms with Gasteiger partial charge in [0.15, 0.2) is 6.10 Å². The summed E-state index contributed by atoms with van der Waals surface area (Å²) in [6, 6.07) is 14.6. The minimum Gasteiger partial charge on any atom is -0.477 e. The van der Waals surface area contributed by atoms with Gasteiger partial charge in [0, 0.05) is 13.1 Å². The normalized spacial score (nSPS) is 20.1. The Morgan fingerprint density at radius 1 is 1.00 bits per heavy atom. The molecule has 166 valence electrons. The standard InChI is InChI=1S/C23H24N4O5/c28-21-14-27(17-6-2-1-5-16(17)24-21)22(29)15-26-13-20(23(30)25-9-11-31-12-10-25)32-19-8-4-3-7-18(19)26/h1-8,20H,9-15H2,(H,24,28)/t20-/m0/s1. The van der Waals surface area contributed by atoms with Gasteiger partial charge in [-0.1, -0.05) is 24.3 Å². The van der Waals surface area contributed by atoms with E-state index in [2.05, 4.69) is 5.32 Å². The molecule has 0 aromatic heterocycles. The van der Waals surface area contributed by atoms with E-state index in [-0.39, 0.29) is 37.4 Å². The lowest BCUT2D eigenvalue weighted by molar-refractivity contribution is -0.142. The summed E-state index contributed by atoms with van der Waals surface area (Å²) < 4.78 is 11.4. The van der Waals surface area contributed by atoms with Crippen LogP contribution in [0.25, 0.3) is 0 Å². The minimum absolute atomic E-state index is 0.0227. The summed E-state index contributed by atoms with van der Waals surface area (Å²) in [5, 5.41) is 2.80. The van der Waals surface area contributed by atoms with Crippen LogP contribution in [0.5, 0.6) is 5.75 Å². The minimum atomic E-state index is -0.715. The van der Waals surface area contributed by atoms with Crippen LogP contribution in [-0.4, -0.2) is 74.7 Å². The predicted octanol–water partition coefficient (Wildman–Crippen LogP) is 1.10. The average molecular weight is 436 g/mol. The number of nitrogens with one attached hydrogen (secondary N) is 1. The van der Waals surface area contributed by atoms with Crippen molar-refractivity contribution in [2.24, 2.45) is 0 Å². The number of fused-ring (bicyclic) bond motifs is 2. The SMILES string of the molecule is O=C1CN(C(=O)CN2C[C@@H](C(=O)N3CCOCC3)Oc3ccccc32)c2ccccc2N1. The highest BCUT2D eigenvalue weighted by atomic mass is 16.5. The van der Waals surface area contributed by atoms with Gasteiger partial charge in [-0.2, -0.15) is 0 Å². The Hall–Kier alpha value is -3.59. The number of ether oxygens (including phenoxy) is 2. The van der Waals surface area contributed by atoms with Gasteiger partial charge in [0.1, 0.15) is 12.3 Å². The van der Waals surface area contributed by atoms with Crippen LogP contribution >= 0.6 is 0 Å². The number of hydrogen-bond acceptors (Lipinski definition) is 6. The second-order valence-corrected chi connectivity index (χ2v) is 7.94. The monoisotopic (exact) mass is 436 g/mol. The van der Waals surface area contributed by atoms with Crippen LogP contribution < -0.4 is 19.9 Å². The second-order valence-electron chi connectivity index (χ2n) is 7.94. The van der Waals surface area contributed by atoms with Crippen molar-refractivity contribution in [1.29, 1.82) is 0 Å². The van der Waals surface area contributed by atoms with Gasteiger partial charge in [-0.15, -0.1) is 0 Å². The molecule has 1 fully saturated rings. The fourth-order valence-corrected chi connectivity index (χ4v) is 4.28. The largest absolute Gasteiger partial charge is 0.477 e. The average Bonchev–Trinajstić information content (AvgIpc) is 2.83. The second kappa shape index (κ2) is 8.51. The molecule has 0 radical (unpaired) electrons. The van der Waals surface area contributed by atoms with E-state index in [0.717, 1.165) is 5.69 Å². The van der Waals surface area contributed by atoms with Gasteiger partial charge in [-0.3, -0.25) is 19.3 Å². The quantitative estimate of drug-likeness (QED) is 0.775. The first kappa shape index (κ1) is 20.3. The molecule has 3 heterocycles. The molecule has 3 amide bonds. The molecule has 3 aliphatic rings. The highest BCUT2D eigenvalue weighted by molar-refractivity contribution is 6.11. The van der Waals surface area contributed by atoms with Gasteiger partial charge in [-0.25, -0.2) is 0 Å². The van der Waals surface area contributed by atoms with E-state index in [9.17, 15) is 14.4 Å². The maximum atomic E-state index is 13.3. The van der Waals surface area contributed by atoms with Crippen molar-refractivity contribution in [2.75, 3.05) is 61.1 Å². The number of amides is 3. The van der Waals surface area contributed by atoms with Crippen molar-refractivity contribution >= 4 is 34.8 Å². The molecule has 0 spiro atoms. The van der Waals surface area contributed by atoms with Crippen LogP contribution in [0, 0.1) is 0 Å². The number of morpholine rings is 1. The number of rotatable bonds is 3.